The Hall–Kier alpha value is -1.66. The average molecular weight is 290 g/mol. The monoisotopic (exact) mass is 290 g/mol. The van der Waals surface area contributed by atoms with E-state index in [0.717, 1.165) is 42.9 Å². The highest BCUT2D eigenvalue weighted by Gasteiger charge is 2.26. The highest BCUT2D eigenvalue weighted by atomic mass is 32.1. The van der Waals surface area contributed by atoms with Crippen LogP contribution in [-0.2, 0) is 6.54 Å². The number of thiazole rings is 1. The molecular formula is C14H18N4OS. The number of aromatic nitrogens is 1. The van der Waals surface area contributed by atoms with E-state index in [2.05, 4.69) is 21.1 Å². The molecule has 0 spiro atoms. The number of nitrogens with two attached hydrogens (primary N) is 1. The van der Waals surface area contributed by atoms with Crippen LogP contribution in [0.25, 0.3) is 10.2 Å². The number of piperidine rings is 1. The van der Waals surface area contributed by atoms with E-state index in [1.807, 2.05) is 18.2 Å². The van der Waals surface area contributed by atoms with Crippen LogP contribution in [0.2, 0.25) is 0 Å². The minimum Gasteiger partial charge on any atom is -0.409 e. The number of nitrogens with zero attached hydrogens (tertiary/aromatic N) is 3. The minimum absolute atomic E-state index is 0.0285. The van der Waals surface area contributed by atoms with Crippen LogP contribution in [0.4, 0.5) is 0 Å². The Bertz CT molecular complexity index is 591. The largest absolute Gasteiger partial charge is 0.409 e. The summed E-state index contributed by atoms with van der Waals surface area (Å²) in [5.41, 5.74) is 6.85. The molecule has 20 heavy (non-hydrogen) atoms. The van der Waals surface area contributed by atoms with Gasteiger partial charge in [-0.1, -0.05) is 23.7 Å². The zero-order valence-electron chi connectivity index (χ0n) is 11.2. The molecule has 1 unspecified atom stereocenters. The first-order chi connectivity index (χ1) is 9.78. The van der Waals surface area contributed by atoms with Crippen LogP contribution in [0.15, 0.2) is 29.4 Å². The van der Waals surface area contributed by atoms with E-state index in [-0.39, 0.29) is 6.04 Å². The van der Waals surface area contributed by atoms with E-state index < -0.39 is 0 Å². The topological polar surface area (TPSA) is 74.7 Å². The van der Waals surface area contributed by atoms with Crippen molar-refractivity contribution in [2.75, 3.05) is 6.54 Å². The number of amidine groups is 1. The zero-order valence-corrected chi connectivity index (χ0v) is 12.0. The Morgan fingerprint density at radius 1 is 1.45 bits per heavy atom. The molecule has 3 rings (SSSR count). The van der Waals surface area contributed by atoms with E-state index in [9.17, 15) is 0 Å². The van der Waals surface area contributed by atoms with E-state index >= 15 is 0 Å². The molecule has 0 radical (unpaired) electrons. The molecule has 2 aromatic rings. The van der Waals surface area contributed by atoms with Crippen LogP contribution < -0.4 is 5.73 Å². The summed E-state index contributed by atoms with van der Waals surface area (Å²) in [6.07, 6.45) is 3.22. The molecule has 0 amide bonds. The molecule has 1 atom stereocenters. The minimum atomic E-state index is 0.0285. The first kappa shape index (κ1) is 13.3. The predicted molar refractivity (Wildman–Crippen MR) is 81.1 cm³/mol. The van der Waals surface area contributed by atoms with Crippen molar-refractivity contribution in [1.29, 1.82) is 0 Å². The van der Waals surface area contributed by atoms with Gasteiger partial charge in [0.15, 0.2) is 5.84 Å². The van der Waals surface area contributed by atoms with Gasteiger partial charge in [0.05, 0.1) is 22.8 Å². The van der Waals surface area contributed by atoms with E-state index in [4.69, 9.17) is 10.9 Å². The maximum atomic E-state index is 8.91. The molecule has 1 aromatic heterocycles. The summed E-state index contributed by atoms with van der Waals surface area (Å²) in [7, 11) is 0. The van der Waals surface area contributed by atoms with Crippen LogP contribution in [-0.4, -0.2) is 33.5 Å². The van der Waals surface area contributed by atoms with Gasteiger partial charge in [-0.3, -0.25) is 4.90 Å². The number of fused-ring (bicyclic) bond motifs is 1. The Morgan fingerprint density at radius 3 is 3.10 bits per heavy atom. The van der Waals surface area contributed by atoms with Crippen LogP contribution >= 0.6 is 11.3 Å². The summed E-state index contributed by atoms with van der Waals surface area (Å²) in [6, 6.07) is 8.19. The van der Waals surface area contributed by atoms with E-state index in [0.29, 0.717) is 5.84 Å². The first-order valence-electron chi connectivity index (χ1n) is 6.84. The second-order valence-corrected chi connectivity index (χ2v) is 6.20. The summed E-state index contributed by atoms with van der Waals surface area (Å²) in [5.74, 6) is 0.311. The van der Waals surface area contributed by atoms with Crippen molar-refractivity contribution in [3.05, 3.63) is 29.3 Å². The fourth-order valence-corrected chi connectivity index (χ4v) is 3.74. The van der Waals surface area contributed by atoms with Crippen LogP contribution in [0, 0.1) is 0 Å². The maximum Gasteiger partial charge on any atom is 0.156 e. The Kier molecular flexibility index (Phi) is 3.84. The summed E-state index contributed by atoms with van der Waals surface area (Å²) >= 11 is 1.72. The Balaban J connectivity index is 1.81. The number of benzene rings is 1. The van der Waals surface area contributed by atoms with Crippen molar-refractivity contribution in [3.8, 4) is 0 Å². The third-order valence-electron chi connectivity index (χ3n) is 3.75. The fraction of sp³-hybridized carbons (Fsp3) is 0.429. The SMILES string of the molecule is N/C(=N/O)C1CCCCN1Cc1nc2ccccc2s1. The van der Waals surface area contributed by atoms with Gasteiger partial charge in [0.2, 0.25) is 0 Å². The average Bonchev–Trinajstić information content (AvgIpc) is 2.89. The lowest BCUT2D eigenvalue weighted by Gasteiger charge is -2.33. The van der Waals surface area contributed by atoms with Crippen LogP contribution in [0.1, 0.15) is 24.3 Å². The fourth-order valence-electron chi connectivity index (χ4n) is 2.74. The molecule has 2 heterocycles. The molecule has 0 bridgehead atoms. The Labute approximate surface area is 121 Å². The summed E-state index contributed by atoms with van der Waals surface area (Å²) in [6.45, 7) is 1.73. The number of oxime groups is 1. The molecule has 6 heteroatoms. The molecular weight excluding hydrogens is 272 g/mol. The van der Waals surface area contributed by atoms with Gasteiger partial charge in [-0.25, -0.2) is 4.98 Å². The normalized spacial score (nSPS) is 21.4. The lowest BCUT2D eigenvalue weighted by atomic mass is 10.0. The summed E-state index contributed by atoms with van der Waals surface area (Å²) < 4.78 is 1.21. The van der Waals surface area contributed by atoms with Crippen molar-refractivity contribution >= 4 is 27.4 Å². The first-order valence-corrected chi connectivity index (χ1v) is 7.65. The molecule has 1 fully saturated rings. The third-order valence-corrected chi connectivity index (χ3v) is 4.77. The predicted octanol–water partition coefficient (Wildman–Crippen LogP) is 2.40. The molecule has 1 saturated heterocycles. The van der Waals surface area contributed by atoms with E-state index in [1.165, 1.54) is 4.70 Å². The number of likely N-dealkylation sites (tertiary alicyclic amines) is 1. The van der Waals surface area contributed by atoms with Gasteiger partial charge in [0, 0.05) is 0 Å². The van der Waals surface area contributed by atoms with Gasteiger partial charge >= 0.3 is 0 Å². The summed E-state index contributed by atoms with van der Waals surface area (Å²) in [4.78, 5) is 6.92. The standard InChI is InChI=1S/C14H18N4OS/c15-14(17-19)11-6-3-4-8-18(11)9-13-16-10-5-1-2-7-12(10)20-13/h1-2,5,7,11,19H,3-4,6,8-9H2,(H2,15,17). The van der Waals surface area contributed by atoms with Crippen molar-refractivity contribution in [1.82, 2.24) is 9.88 Å². The maximum absolute atomic E-state index is 8.91. The number of hydrogen-bond acceptors (Lipinski definition) is 5. The molecule has 5 nitrogen and oxygen atoms in total. The summed E-state index contributed by atoms with van der Waals surface area (Å²) in [5, 5.41) is 13.2. The van der Waals surface area contributed by atoms with E-state index in [1.54, 1.807) is 11.3 Å². The molecule has 1 aliphatic heterocycles. The molecule has 1 aromatic carbocycles. The van der Waals surface area contributed by atoms with Gasteiger partial charge in [-0.15, -0.1) is 11.3 Å². The Morgan fingerprint density at radius 2 is 2.30 bits per heavy atom. The number of rotatable bonds is 3. The second kappa shape index (κ2) is 5.76. The van der Waals surface area contributed by atoms with Gasteiger partial charge in [0.1, 0.15) is 5.01 Å². The zero-order chi connectivity index (χ0) is 13.9. The van der Waals surface area contributed by atoms with Crippen molar-refractivity contribution in [3.63, 3.8) is 0 Å². The number of hydrogen-bond donors (Lipinski definition) is 2. The molecule has 106 valence electrons. The van der Waals surface area contributed by atoms with Crippen molar-refractivity contribution < 1.29 is 5.21 Å². The van der Waals surface area contributed by atoms with Gasteiger partial charge in [-0.2, -0.15) is 0 Å². The smallest absolute Gasteiger partial charge is 0.156 e. The van der Waals surface area contributed by atoms with Gasteiger partial charge < -0.3 is 10.9 Å². The molecule has 1 aliphatic rings. The third kappa shape index (κ3) is 2.62. The lowest BCUT2D eigenvalue weighted by molar-refractivity contribution is 0.178. The van der Waals surface area contributed by atoms with Crippen molar-refractivity contribution in [2.24, 2.45) is 10.9 Å². The molecule has 3 N–H and O–H groups in total. The van der Waals surface area contributed by atoms with Crippen LogP contribution in [0.5, 0.6) is 0 Å². The van der Waals surface area contributed by atoms with Gasteiger partial charge in [0.25, 0.3) is 0 Å². The quantitative estimate of drug-likeness (QED) is 0.394. The van der Waals surface area contributed by atoms with Crippen LogP contribution in [0.3, 0.4) is 0 Å². The molecule has 0 saturated carbocycles. The van der Waals surface area contributed by atoms with Gasteiger partial charge in [-0.05, 0) is 31.5 Å². The van der Waals surface area contributed by atoms with Crippen molar-refractivity contribution in [2.45, 2.75) is 31.8 Å². The number of para-hydroxylation sites is 1. The highest BCUT2D eigenvalue weighted by Crippen LogP contribution is 2.25. The lowest BCUT2D eigenvalue weighted by Crippen LogP contribution is -2.47. The highest BCUT2D eigenvalue weighted by molar-refractivity contribution is 7.18. The molecule has 0 aliphatic carbocycles. The second-order valence-electron chi connectivity index (χ2n) is 5.08.